The Balaban J connectivity index is 1.86. The number of carbonyl (C=O) groups is 2. The van der Waals surface area contributed by atoms with E-state index in [1.807, 2.05) is 0 Å². The molecular formula is C19H17ClF3NO5S. The number of hydrogen-bond acceptors (Lipinski definition) is 5. The van der Waals surface area contributed by atoms with Gasteiger partial charge in [0.25, 0.3) is 5.91 Å². The predicted octanol–water partition coefficient (Wildman–Crippen LogP) is 4.01. The van der Waals surface area contributed by atoms with Gasteiger partial charge in [-0.15, -0.1) is 0 Å². The van der Waals surface area contributed by atoms with E-state index in [1.165, 1.54) is 12.1 Å². The van der Waals surface area contributed by atoms with Crippen molar-refractivity contribution in [1.29, 1.82) is 0 Å². The second kappa shape index (κ2) is 9.48. The highest BCUT2D eigenvalue weighted by atomic mass is 35.5. The summed E-state index contributed by atoms with van der Waals surface area (Å²) in [6, 6.07) is 8.87. The average Bonchev–Trinajstić information content (AvgIpc) is 2.66. The summed E-state index contributed by atoms with van der Waals surface area (Å²) in [6.45, 7) is 1.01. The number of rotatable bonds is 7. The van der Waals surface area contributed by atoms with Crippen molar-refractivity contribution in [1.82, 2.24) is 0 Å². The number of alkyl halides is 3. The van der Waals surface area contributed by atoms with E-state index in [0.29, 0.717) is 6.07 Å². The molecule has 0 aliphatic rings. The minimum Gasteiger partial charge on any atom is -0.456 e. The maximum Gasteiger partial charge on any atom is 0.417 e. The highest BCUT2D eigenvalue weighted by Crippen LogP contribution is 2.36. The fourth-order valence-corrected chi connectivity index (χ4v) is 3.76. The molecule has 0 spiro atoms. The second-order valence-corrected chi connectivity index (χ2v) is 8.80. The zero-order valence-electron chi connectivity index (χ0n) is 15.6. The topological polar surface area (TPSA) is 89.5 Å². The quantitative estimate of drug-likeness (QED) is 0.626. The number of amides is 1. The molecule has 0 heterocycles. The van der Waals surface area contributed by atoms with E-state index in [2.05, 4.69) is 10.1 Å². The molecule has 2 rings (SSSR count). The summed E-state index contributed by atoms with van der Waals surface area (Å²) in [5.74, 6) is -2.34. The summed E-state index contributed by atoms with van der Waals surface area (Å²) in [4.78, 5) is 23.6. The summed E-state index contributed by atoms with van der Waals surface area (Å²) in [5.41, 5.74) is -0.433. The van der Waals surface area contributed by atoms with E-state index in [1.54, 1.807) is 19.1 Å². The first-order valence-electron chi connectivity index (χ1n) is 8.50. The SMILES string of the molecule is Cc1ccc(S(=O)(=O)CCC(=O)OCC(=O)Nc2ccc(Cl)c(C(F)(F)F)c2)cc1. The van der Waals surface area contributed by atoms with Crippen LogP contribution in [0.4, 0.5) is 18.9 Å². The molecule has 0 fully saturated rings. The second-order valence-electron chi connectivity index (χ2n) is 6.28. The van der Waals surface area contributed by atoms with Crippen LogP contribution in [0.1, 0.15) is 17.5 Å². The van der Waals surface area contributed by atoms with Crippen LogP contribution in [0.25, 0.3) is 0 Å². The fourth-order valence-electron chi connectivity index (χ4n) is 2.32. The highest BCUT2D eigenvalue weighted by molar-refractivity contribution is 7.91. The van der Waals surface area contributed by atoms with Crippen LogP contribution in [-0.4, -0.2) is 32.7 Å². The van der Waals surface area contributed by atoms with Gasteiger partial charge in [-0.3, -0.25) is 9.59 Å². The first kappa shape index (κ1) is 23.7. The number of hydrogen-bond donors (Lipinski definition) is 1. The molecule has 0 aliphatic carbocycles. The van der Waals surface area contributed by atoms with Gasteiger partial charge in [0.1, 0.15) is 0 Å². The lowest BCUT2D eigenvalue weighted by Crippen LogP contribution is -2.22. The van der Waals surface area contributed by atoms with E-state index in [0.717, 1.165) is 17.7 Å². The summed E-state index contributed by atoms with van der Waals surface area (Å²) >= 11 is 5.49. The Hall–Kier alpha value is -2.59. The Labute approximate surface area is 175 Å². The van der Waals surface area contributed by atoms with E-state index >= 15 is 0 Å². The molecule has 162 valence electrons. The van der Waals surface area contributed by atoms with Crippen molar-refractivity contribution < 1.29 is 35.9 Å². The summed E-state index contributed by atoms with van der Waals surface area (Å²) in [5, 5.41) is 1.62. The number of esters is 1. The number of ether oxygens (including phenoxy) is 1. The fraction of sp³-hybridized carbons (Fsp3) is 0.263. The Morgan fingerprint density at radius 2 is 1.73 bits per heavy atom. The molecule has 0 saturated heterocycles. The highest BCUT2D eigenvalue weighted by Gasteiger charge is 2.33. The van der Waals surface area contributed by atoms with Gasteiger partial charge in [0, 0.05) is 5.69 Å². The van der Waals surface area contributed by atoms with E-state index in [-0.39, 0.29) is 10.6 Å². The Morgan fingerprint density at radius 3 is 2.33 bits per heavy atom. The minimum atomic E-state index is -4.70. The number of anilines is 1. The maximum absolute atomic E-state index is 12.8. The molecule has 0 atom stereocenters. The third kappa shape index (κ3) is 6.74. The van der Waals surface area contributed by atoms with Gasteiger partial charge in [-0.05, 0) is 37.3 Å². The van der Waals surface area contributed by atoms with Crippen molar-refractivity contribution in [2.24, 2.45) is 0 Å². The maximum atomic E-state index is 12.8. The van der Waals surface area contributed by atoms with Gasteiger partial charge < -0.3 is 10.1 Å². The van der Waals surface area contributed by atoms with Gasteiger partial charge in [0.15, 0.2) is 16.4 Å². The van der Waals surface area contributed by atoms with Crippen LogP contribution < -0.4 is 5.32 Å². The van der Waals surface area contributed by atoms with Crippen molar-refractivity contribution in [2.45, 2.75) is 24.4 Å². The van der Waals surface area contributed by atoms with Crippen LogP contribution in [0.15, 0.2) is 47.4 Å². The summed E-state index contributed by atoms with van der Waals surface area (Å²) < 4.78 is 67.5. The van der Waals surface area contributed by atoms with Gasteiger partial charge in [-0.25, -0.2) is 8.42 Å². The van der Waals surface area contributed by atoms with Crippen molar-refractivity contribution >= 4 is 39.0 Å². The molecule has 0 aromatic heterocycles. The molecule has 0 saturated carbocycles. The number of sulfone groups is 1. The first-order valence-corrected chi connectivity index (χ1v) is 10.5. The summed E-state index contributed by atoms with van der Waals surface area (Å²) in [6.07, 6.45) is -5.18. The molecule has 30 heavy (non-hydrogen) atoms. The zero-order valence-corrected chi connectivity index (χ0v) is 17.2. The summed E-state index contributed by atoms with van der Waals surface area (Å²) in [7, 11) is -3.70. The molecule has 0 aliphatic heterocycles. The Kier molecular flexibility index (Phi) is 7.49. The minimum absolute atomic E-state index is 0.0573. The number of benzene rings is 2. The molecular weight excluding hydrogens is 447 g/mol. The van der Waals surface area contributed by atoms with Crippen LogP contribution in [0, 0.1) is 6.92 Å². The first-order chi connectivity index (χ1) is 13.9. The third-order valence-electron chi connectivity index (χ3n) is 3.87. The Morgan fingerprint density at radius 1 is 1.10 bits per heavy atom. The van der Waals surface area contributed by atoms with E-state index in [4.69, 9.17) is 11.6 Å². The van der Waals surface area contributed by atoms with Gasteiger partial charge in [0.05, 0.1) is 27.7 Å². The molecule has 1 N–H and O–H groups in total. The largest absolute Gasteiger partial charge is 0.456 e. The zero-order chi connectivity index (χ0) is 22.5. The molecule has 2 aromatic rings. The van der Waals surface area contributed by atoms with Crippen LogP contribution in [0.5, 0.6) is 0 Å². The van der Waals surface area contributed by atoms with Gasteiger partial charge >= 0.3 is 12.1 Å². The Bertz CT molecular complexity index is 1040. The predicted molar refractivity (Wildman–Crippen MR) is 104 cm³/mol. The van der Waals surface area contributed by atoms with Crippen molar-refractivity contribution in [3.8, 4) is 0 Å². The van der Waals surface area contributed by atoms with Gasteiger partial charge in [-0.2, -0.15) is 13.2 Å². The number of aryl methyl sites for hydroxylation is 1. The molecule has 2 aromatic carbocycles. The molecule has 0 unspecified atom stereocenters. The van der Waals surface area contributed by atoms with Gasteiger partial charge in [-0.1, -0.05) is 29.3 Å². The lowest BCUT2D eigenvalue weighted by atomic mass is 10.2. The number of carbonyl (C=O) groups excluding carboxylic acids is 2. The number of nitrogens with one attached hydrogen (secondary N) is 1. The van der Waals surface area contributed by atoms with Crippen molar-refractivity contribution in [2.75, 3.05) is 17.7 Å². The van der Waals surface area contributed by atoms with Crippen LogP contribution in [-0.2, 0) is 30.3 Å². The van der Waals surface area contributed by atoms with Crippen LogP contribution in [0.3, 0.4) is 0 Å². The molecule has 11 heteroatoms. The van der Waals surface area contributed by atoms with Crippen molar-refractivity contribution in [3.05, 3.63) is 58.6 Å². The molecule has 0 radical (unpaired) electrons. The average molecular weight is 464 g/mol. The van der Waals surface area contributed by atoms with E-state index < -0.39 is 57.3 Å². The van der Waals surface area contributed by atoms with Crippen LogP contribution in [0.2, 0.25) is 5.02 Å². The van der Waals surface area contributed by atoms with Crippen LogP contribution >= 0.6 is 11.6 Å². The third-order valence-corrected chi connectivity index (χ3v) is 5.94. The van der Waals surface area contributed by atoms with Gasteiger partial charge in [0.2, 0.25) is 0 Å². The monoisotopic (exact) mass is 463 g/mol. The smallest absolute Gasteiger partial charge is 0.417 e. The molecule has 1 amide bonds. The molecule has 6 nitrogen and oxygen atoms in total. The molecule has 0 bridgehead atoms. The lowest BCUT2D eigenvalue weighted by molar-refractivity contribution is -0.146. The van der Waals surface area contributed by atoms with Crippen molar-refractivity contribution in [3.63, 3.8) is 0 Å². The number of halogens is 4. The normalized spacial score (nSPS) is 11.8. The standard InChI is InChI=1S/C19H17ClF3NO5S/c1-12-2-5-14(6-3-12)30(27,28)9-8-18(26)29-11-17(25)24-13-4-7-16(20)15(10-13)19(21,22)23/h2-7,10H,8-9,11H2,1H3,(H,24,25). The van der Waals surface area contributed by atoms with E-state index in [9.17, 15) is 31.2 Å². The lowest BCUT2D eigenvalue weighted by Gasteiger charge is -2.12.